The Morgan fingerprint density at radius 2 is 1.97 bits per heavy atom. The SMILES string of the molecule is CN(C)c1cccc(C(=O)Nc2cc3cn(C4CCC(O)(C5CC5)CC4)nc3cc2OCC2CC2)[n+]1[O-]. The summed E-state index contributed by atoms with van der Waals surface area (Å²) < 4.78 is 8.78. The van der Waals surface area contributed by atoms with Crippen molar-refractivity contribution in [1.82, 2.24) is 9.78 Å². The standard InChI is InChI=1S/C28H35N5O4/c1-31(2)26-5-3-4-24(33(26)36)27(34)29-23-14-19-16-32(21-10-12-28(35,13-11-21)20-8-9-20)30-22(19)15-25(23)37-17-18-6-7-18/h3-5,14-16,18,20-21,35H,6-13,17H2,1-2H3,(H,29,34). The summed E-state index contributed by atoms with van der Waals surface area (Å²) in [5, 5.41) is 32.4. The molecule has 6 rings (SSSR count). The molecule has 2 N–H and O–H groups in total. The smallest absolute Gasteiger partial charge is 0.296 e. The molecule has 0 saturated heterocycles. The highest BCUT2D eigenvalue weighted by atomic mass is 16.5. The maximum absolute atomic E-state index is 13.2. The minimum absolute atomic E-state index is 0.0143. The van der Waals surface area contributed by atoms with Crippen LogP contribution in [0, 0.1) is 17.0 Å². The maximum atomic E-state index is 13.2. The van der Waals surface area contributed by atoms with Crippen LogP contribution in [0.5, 0.6) is 5.75 Å². The summed E-state index contributed by atoms with van der Waals surface area (Å²) in [7, 11) is 3.53. The molecule has 0 spiro atoms. The Morgan fingerprint density at radius 1 is 1.22 bits per heavy atom. The lowest BCUT2D eigenvalue weighted by Gasteiger charge is -2.36. The number of aliphatic hydroxyl groups is 1. The molecule has 3 aliphatic rings. The number of anilines is 2. The van der Waals surface area contributed by atoms with Gasteiger partial charge in [0.15, 0.2) is 5.69 Å². The molecule has 3 saturated carbocycles. The summed E-state index contributed by atoms with van der Waals surface area (Å²) in [6.45, 7) is 0.592. The van der Waals surface area contributed by atoms with Gasteiger partial charge >= 0.3 is 0 Å². The number of amides is 1. The van der Waals surface area contributed by atoms with Crippen LogP contribution in [0.15, 0.2) is 36.5 Å². The van der Waals surface area contributed by atoms with E-state index in [1.807, 2.05) is 23.0 Å². The molecule has 0 unspecified atom stereocenters. The van der Waals surface area contributed by atoms with Crippen molar-refractivity contribution in [2.24, 2.45) is 11.8 Å². The molecule has 0 aliphatic heterocycles. The number of fused-ring (bicyclic) bond motifs is 1. The van der Waals surface area contributed by atoms with E-state index >= 15 is 0 Å². The average molecular weight is 506 g/mol. The number of hydrogen-bond acceptors (Lipinski definition) is 6. The van der Waals surface area contributed by atoms with Crippen molar-refractivity contribution in [1.29, 1.82) is 0 Å². The lowest BCUT2D eigenvalue weighted by atomic mass is 9.79. The third kappa shape index (κ3) is 4.84. The van der Waals surface area contributed by atoms with Gasteiger partial charge in [0.2, 0.25) is 0 Å². The van der Waals surface area contributed by atoms with E-state index in [0.29, 0.717) is 40.4 Å². The van der Waals surface area contributed by atoms with Crippen LogP contribution in [0.4, 0.5) is 11.5 Å². The average Bonchev–Trinajstić information content (AvgIpc) is 3.80. The Hall–Kier alpha value is -3.33. The van der Waals surface area contributed by atoms with Crippen molar-refractivity contribution in [2.45, 2.75) is 63.0 Å². The minimum atomic E-state index is -0.493. The minimum Gasteiger partial charge on any atom is -0.710 e. The van der Waals surface area contributed by atoms with E-state index < -0.39 is 11.5 Å². The molecule has 1 amide bonds. The first-order chi connectivity index (χ1) is 17.8. The monoisotopic (exact) mass is 505 g/mol. The van der Waals surface area contributed by atoms with Crippen molar-refractivity contribution >= 4 is 28.3 Å². The molecule has 9 heteroatoms. The highest BCUT2D eigenvalue weighted by Crippen LogP contribution is 2.49. The largest absolute Gasteiger partial charge is 0.710 e. The third-order valence-corrected chi connectivity index (χ3v) is 8.19. The number of pyridine rings is 1. The Morgan fingerprint density at radius 3 is 2.65 bits per heavy atom. The third-order valence-electron chi connectivity index (χ3n) is 8.19. The number of nitrogens with one attached hydrogen (secondary N) is 1. The van der Waals surface area contributed by atoms with Gasteiger partial charge in [-0.15, -0.1) is 0 Å². The summed E-state index contributed by atoms with van der Waals surface area (Å²) in [5.74, 6) is 1.48. The predicted molar refractivity (Wildman–Crippen MR) is 141 cm³/mol. The second-order valence-corrected chi connectivity index (χ2v) is 11.3. The fourth-order valence-corrected chi connectivity index (χ4v) is 5.53. The number of rotatable bonds is 8. The molecule has 2 heterocycles. The molecule has 0 atom stereocenters. The van der Waals surface area contributed by atoms with Crippen LogP contribution in [-0.4, -0.2) is 47.1 Å². The molecule has 3 aromatic rings. The van der Waals surface area contributed by atoms with Gasteiger partial charge in [0.25, 0.3) is 11.7 Å². The fourth-order valence-electron chi connectivity index (χ4n) is 5.53. The number of nitrogens with zero attached hydrogens (tertiary/aromatic N) is 4. The molecule has 2 aromatic heterocycles. The van der Waals surface area contributed by atoms with Crippen LogP contribution in [0.1, 0.15) is 67.9 Å². The van der Waals surface area contributed by atoms with Gasteiger partial charge in [-0.2, -0.15) is 5.10 Å². The lowest BCUT2D eigenvalue weighted by Crippen LogP contribution is -2.41. The molecule has 0 bridgehead atoms. The quantitative estimate of drug-likeness (QED) is 0.354. The Labute approximate surface area is 216 Å². The van der Waals surface area contributed by atoms with E-state index in [4.69, 9.17) is 9.84 Å². The van der Waals surface area contributed by atoms with Crippen LogP contribution in [0.25, 0.3) is 10.9 Å². The summed E-state index contributed by atoms with van der Waals surface area (Å²) >= 11 is 0. The molecule has 196 valence electrons. The number of carbonyl (C=O) groups is 1. The van der Waals surface area contributed by atoms with E-state index in [2.05, 4.69) is 5.32 Å². The van der Waals surface area contributed by atoms with Gasteiger partial charge in [0, 0.05) is 23.7 Å². The molecule has 3 aliphatic carbocycles. The molecule has 0 radical (unpaired) electrons. The number of benzene rings is 1. The van der Waals surface area contributed by atoms with Crippen LogP contribution >= 0.6 is 0 Å². The first-order valence-electron chi connectivity index (χ1n) is 13.4. The highest BCUT2D eigenvalue weighted by molar-refractivity contribution is 6.04. The normalized spacial score (nSPS) is 23.7. The van der Waals surface area contributed by atoms with Crippen LogP contribution in [-0.2, 0) is 0 Å². The van der Waals surface area contributed by atoms with E-state index in [1.54, 1.807) is 31.1 Å². The zero-order chi connectivity index (χ0) is 25.7. The molecule has 1 aromatic carbocycles. The molecule has 3 fully saturated rings. The van der Waals surface area contributed by atoms with E-state index in [1.165, 1.54) is 6.07 Å². The predicted octanol–water partition coefficient (Wildman–Crippen LogP) is 4.03. The van der Waals surface area contributed by atoms with E-state index in [9.17, 15) is 15.1 Å². The zero-order valence-corrected chi connectivity index (χ0v) is 21.5. The summed E-state index contributed by atoms with van der Waals surface area (Å²) in [6.07, 6.45) is 10.1. The van der Waals surface area contributed by atoms with Crippen molar-refractivity contribution in [3.05, 3.63) is 47.4 Å². The number of aromatic nitrogens is 3. The van der Waals surface area contributed by atoms with Crippen LogP contribution in [0.3, 0.4) is 0 Å². The van der Waals surface area contributed by atoms with Crippen LogP contribution in [0.2, 0.25) is 0 Å². The van der Waals surface area contributed by atoms with Crippen molar-refractivity contribution in [3.8, 4) is 5.75 Å². The van der Waals surface area contributed by atoms with E-state index in [0.717, 1.165) is 62.3 Å². The first-order valence-corrected chi connectivity index (χ1v) is 13.4. The molecular formula is C28H35N5O4. The molecule has 37 heavy (non-hydrogen) atoms. The number of carbonyl (C=O) groups excluding carboxylic acids is 1. The maximum Gasteiger partial charge on any atom is 0.296 e. The Balaban J connectivity index is 1.27. The highest BCUT2D eigenvalue weighted by Gasteiger charge is 2.45. The molecular weight excluding hydrogens is 470 g/mol. The Kier molecular flexibility index (Phi) is 5.98. The Bertz CT molecular complexity index is 1320. The van der Waals surface area contributed by atoms with Gasteiger partial charge in [-0.1, -0.05) is 0 Å². The molecule has 9 nitrogen and oxygen atoms in total. The summed E-state index contributed by atoms with van der Waals surface area (Å²) in [5.41, 5.74) is 0.854. The number of ether oxygens (including phenoxy) is 1. The van der Waals surface area contributed by atoms with Crippen molar-refractivity contribution < 1.29 is 19.4 Å². The van der Waals surface area contributed by atoms with E-state index in [-0.39, 0.29) is 11.7 Å². The second kappa shape index (κ2) is 9.20. The second-order valence-electron chi connectivity index (χ2n) is 11.3. The fraction of sp³-hybridized carbons (Fsp3) is 0.536. The van der Waals surface area contributed by atoms with Gasteiger partial charge in [-0.3, -0.25) is 14.4 Å². The van der Waals surface area contributed by atoms with Crippen LogP contribution < -0.4 is 19.7 Å². The topological polar surface area (TPSA) is 107 Å². The van der Waals surface area contributed by atoms with Gasteiger partial charge in [0.1, 0.15) is 5.75 Å². The summed E-state index contributed by atoms with van der Waals surface area (Å²) in [6, 6.07) is 8.90. The number of hydrogen-bond donors (Lipinski definition) is 2. The summed E-state index contributed by atoms with van der Waals surface area (Å²) in [4.78, 5) is 14.8. The zero-order valence-electron chi connectivity index (χ0n) is 21.5. The van der Waals surface area contributed by atoms with Gasteiger partial charge in [-0.05, 0) is 81.4 Å². The van der Waals surface area contributed by atoms with Gasteiger partial charge < -0.3 is 20.4 Å². The van der Waals surface area contributed by atoms with Gasteiger partial charge in [0.05, 0.1) is 43.5 Å². The van der Waals surface area contributed by atoms with Gasteiger partial charge in [-0.25, -0.2) is 4.73 Å². The van der Waals surface area contributed by atoms with Crippen molar-refractivity contribution in [2.75, 3.05) is 30.9 Å². The van der Waals surface area contributed by atoms with Crippen molar-refractivity contribution in [3.63, 3.8) is 0 Å². The first kappa shape index (κ1) is 24.0. The lowest BCUT2D eigenvalue weighted by molar-refractivity contribution is -0.594.